The highest BCUT2D eigenvalue weighted by molar-refractivity contribution is 6.30. The fraction of sp³-hybridized carbons (Fsp3) is 0.214. The molecule has 0 radical (unpaired) electrons. The van der Waals surface area contributed by atoms with Gasteiger partial charge in [0.05, 0.1) is 31.9 Å². The molecule has 1 aliphatic rings. The zero-order valence-corrected chi connectivity index (χ0v) is 21.1. The molecule has 0 aliphatic carbocycles. The van der Waals surface area contributed by atoms with Gasteiger partial charge in [0.25, 0.3) is 11.8 Å². The van der Waals surface area contributed by atoms with Crippen molar-refractivity contribution >= 4 is 41.0 Å². The molecule has 3 aromatic carbocycles. The van der Waals surface area contributed by atoms with Crippen molar-refractivity contribution < 1.29 is 28.7 Å². The monoisotopic (exact) mass is 520 g/mol. The van der Waals surface area contributed by atoms with Gasteiger partial charge in [0.2, 0.25) is 5.91 Å². The summed E-state index contributed by atoms with van der Waals surface area (Å²) in [5.74, 6) is -1.25. The number of hydrogen-bond acceptors (Lipinski definition) is 6. The lowest BCUT2D eigenvalue weighted by Crippen LogP contribution is -2.46. The van der Waals surface area contributed by atoms with E-state index >= 15 is 0 Å². The summed E-state index contributed by atoms with van der Waals surface area (Å²) in [5, 5.41) is 0.569. The van der Waals surface area contributed by atoms with Crippen molar-refractivity contribution in [2.45, 2.75) is 18.9 Å². The molecule has 3 amide bonds. The molecular formula is C28H25ClN2O6. The molecule has 8 nitrogen and oxygen atoms in total. The van der Waals surface area contributed by atoms with Crippen LogP contribution in [0.1, 0.15) is 32.7 Å². The van der Waals surface area contributed by atoms with Crippen LogP contribution in [0.25, 0.3) is 0 Å². The van der Waals surface area contributed by atoms with Gasteiger partial charge in [-0.2, -0.15) is 0 Å². The van der Waals surface area contributed by atoms with E-state index in [-0.39, 0.29) is 18.9 Å². The highest BCUT2D eigenvalue weighted by Gasteiger charge is 2.44. The number of rotatable bonds is 8. The first-order valence-electron chi connectivity index (χ1n) is 11.6. The minimum absolute atomic E-state index is 0.158. The number of ether oxygens (including phenoxy) is 2. The standard InChI is InChI=1S/C28H25ClN2O6/c1-36-23-12-8-19(9-13-23)26(33)30(15-14-18-4-3-5-21(29)16-18)24-17-25(32)31(27(24)34)22-10-6-20(7-11-22)28(35)37-2/h3-13,16,24H,14-15,17H2,1-2H3. The van der Waals surface area contributed by atoms with Crippen LogP contribution in [0, 0.1) is 0 Å². The molecule has 3 aromatic rings. The third kappa shape index (κ3) is 5.65. The Morgan fingerprint density at radius 1 is 0.973 bits per heavy atom. The maximum absolute atomic E-state index is 13.6. The summed E-state index contributed by atoms with van der Waals surface area (Å²) in [5.41, 5.74) is 1.87. The van der Waals surface area contributed by atoms with E-state index in [1.165, 1.54) is 43.4 Å². The van der Waals surface area contributed by atoms with Gasteiger partial charge >= 0.3 is 5.97 Å². The van der Waals surface area contributed by atoms with Crippen molar-refractivity contribution in [3.05, 3.63) is 94.5 Å². The maximum Gasteiger partial charge on any atom is 0.337 e. The summed E-state index contributed by atoms with van der Waals surface area (Å²) < 4.78 is 9.88. The van der Waals surface area contributed by atoms with Crippen molar-refractivity contribution in [2.24, 2.45) is 0 Å². The van der Waals surface area contributed by atoms with Gasteiger partial charge in [-0.3, -0.25) is 14.4 Å². The smallest absolute Gasteiger partial charge is 0.337 e. The van der Waals surface area contributed by atoms with Crippen molar-refractivity contribution in [3.63, 3.8) is 0 Å². The van der Waals surface area contributed by atoms with Crippen molar-refractivity contribution in [1.82, 2.24) is 4.90 Å². The van der Waals surface area contributed by atoms with Crippen LogP contribution in [-0.4, -0.2) is 55.4 Å². The lowest BCUT2D eigenvalue weighted by molar-refractivity contribution is -0.122. The second-order valence-electron chi connectivity index (χ2n) is 8.43. The maximum atomic E-state index is 13.6. The number of methoxy groups -OCH3 is 2. The number of amides is 3. The molecule has 0 saturated carbocycles. The Bertz CT molecular complexity index is 1320. The molecule has 1 unspecified atom stereocenters. The second-order valence-corrected chi connectivity index (χ2v) is 8.87. The van der Waals surface area contributed by atoms with Crippen LogP contribution in [0.5, 0.6) is 5.75 Å². The fourth-order valence-corrected chi connectivity index (χ4v) is 4.45. The molecule has 1 fully saturated rings. The SMILES string of the molecule is COC(=O)c1ccc(N2C(=O)CC(N(CCc3cccc(Cl)c3)C(=O)c3ccc(OC)cc3)C2=O)cc1. The average molecular weight is 521 g/mol. The molecular weight excluding hydrogens is 496 g/mol. The van der Waals surface area contributed by atoms with Crippen LogP contribution in [0.4, 0.5) is 5.69 Å². The van der Waals surface area contributed by atoms with E-state index in [0.29, 0.717) is 34.0 Å². The van der Waals surface area contributed by atoms with Crippen LogP contribution in [0.3, 0.4) is 0 Å². The lowest BCUT2D eigenvalue weighted by Gasteiger charge is -2.28. The van der Waals surface area contributed by atoms with E-state index in [1.54, 1.807) is 36.4 Å². The summed E-state index contributed by atoms with van der Waals surface area (Å²) in [7, 11) is 2.80. The number of nitrogens with zero attached hydrogens (tertiary/aromatic N) is 2. The van der Waals surface area contributed by atoms with E-state index in [9.17, 15) is 19.2 Å². The van der Waals surface area contributed by atoms with Gasteiger partial charge in [-0.1, -0.05) is 23.7 Å². The number of halogens is 1. The average Bonchev–Trinajstić information content (AvgIpc) is 3.21. The van der Waals surface area contributed by atoms with Gasteiger partial charge in [0.15, 0.2) is 0 Å². The largest absolute Gasteiger partial charge is 0.497 e. The summed E-state index contributed by atoms with van der Waals surface area (Å²) in [6.45, 7) is 0.198. The van der Waals surface area contributed by atoms with Crippen LogP contribution >= 0.6 is 11.6 Å². The van der Waals surface area contributed by atoms with Crippen molar-refractivity contribution in [2.75, 3.05) is 25.7 Å². The lowest BCUT2D eigenvalue weighted by atomic mass is 10.1. The molecule has 0 aromatic heterocycles. The van der Waals surface area contributed by atoms with Gasteiger partial charge in [0.1, 0.15) is 11.8 Å². The van der Waals surface area contributed by atoms with E-state index in [0.717, 1.165) is 10.5 Å². The summed E-state index contributed by atoms with van der Waals surface area (Å²) in [6.07, 6.45) is 0.281. The highest BCUT2D eigenvalue weighted by atomic mass is 35.5. The molecule has 1 atom stereocenters. The van der Waals surface area contributed by atoms with E-state index in [4.69, 9.17) is 21.1 Å². The quantitative estimate of drug-likeness (QED) is 0.327. The third-order valence-corrected chi connectivity index (χ3v) is 6.41. The molecule has 1 aliphatic heterocycles. The van der Waals surface area contributed by atoms with E-state index in [1.807, 2.05) is 12.1 Å². The summed E-state index contributed by atoms with van der Waals surface area (Å²) in [4.78, 5) is 54.3. The highest BCUT2D eigenvalue weighted by Crippen LogP contribution is 2.28. The van der Waals surface area contributed by atoms with Gasteiger partial charge < -0.3 is 14.4 Å². The van der Waals surface area contributed by atoms with Crippen molar-refractivity contribution in [1.29, 1.82) is 0 Å². The minimum Gasteiger partial charge on any atom is -0.497 e. The number of hydrogen-bond donors (Lipinski definition) is 0. The summed E-state index contributed by atoms with van der Waals surface area (Å²) in [6, 6.07) is 18.8. The molecule has 4 rings (SSSR count). The number of anilines is 1. The summed E-state index contributed by atoms with van der Waals surface area (Å²) >= 11 is 6.12. The Kier molecular flexibility index (Phi) is 7.89. The first-order valence-corrected chi connectivity index (χ1v) is 11.9. The molecule has 0 spiro atoms. The minimum atomic E-state index is -0.985. The van der Waals surface area contributed by atoms with Gasteiger partial charge in [-0.25, -0.2) is 9.69 Å². The Morgan fingerprint density at radius 3 is 2.27 bits per heavy atom. The number of esters is 1. The topological polar surface area (TPSA) is 93.2 Å². The number of carbonyl (C=O) groups excluding carboxylic acids is 4. The number of imide groups is 1. The molecule has 0 N–H and O–H groups in total. The Labute approximate surface area is 219 Å². The molecule has 1 heterocycles. The van der Waals surface area contributed by atoms with E-state index in [2.05, 4.69) is 0 Å². The zero-order chi connectivity index (χ0) is 26.5. The number of carbonyl (C=O) groups is 4. The third-order valence-electron chi connectivity index (χ3n) is 6.17. The number of benzene rings is 3. The predicted molar refractivity (Wildman–Crippen MR) is 138 cm³/mol. The fourth-order valence-electron chi connectivity index (χ4n) is 4.24. The van der Waals surface area contributed by atoms with Crippen LogP contribution in [0.15, 0.2) is 72.8 Å². The first-order chi connectivity index (χ1) is 17.8. The van der Waals surface area contributed by atoms with Gasteiger partial charge in [0, 0.05) is 17.1 Å². The molecule has 1 saturated heterocycles. The van der Waals surface area contributed by atoms with Crippen molar-refractivity contribution in [3.8, 4) is 5.75 Å². The normalized spacial score (nSPS) is 15.0. The Morgan fingerprint density at radius 2 is 1.65 bits per heavy atom. The second kappa shape index (κ2) is 11.3. The molecule has 9 heteroatoms. The molecule has 37 heavy (non-hydrogen) atoms. The Hall–Kier alpha value is -4.17. The Balaban J connectivity index is 1.62. The van der Waals surface area contributed by atoms with Gasteiger partial charge in [-0.05, 0) is 72.6 Å². The van der Waals surface area contributed by atoms with Gasteiger partial charge in [-0.15, -0.1) is 0 Å². The van der Waals surface area contributed by atoms with E-state index < -0.39 is 23.8 Å². The molecule has 190 valence electrons. The molecule has 0 bridgehead atoms. The van der Waals surface area contributed by atoms with Crippen LogP contribution in [-0.2, 0) is 20.7 Å². The van der Waals surface area contributed by atoms with Crippen LogP contribution in [0.2, 0.25) is 5.02 Å². The first kappa shape index (κ1) is 25.9. The van der Waals surface area contributed by atoms with Crippen LogP contribution < -0.4 is 9.64 Å². The zero-order valence-electron chi connectivity index (χ0n) is 20.3. The predicted octanol–water partition coefficient (Wildman–Crippen LogP) is 4.15.